The maximum absolute atomic E-state index is 12.1. The smallest absolute Gasteiger partial charge is 0.320 e. The predicted octanol–water partition coefficient (Wildman–Crippen LogP) is 3.45. The van der Waals surface area contributed by atoms with E-state index in [2.05, 4.69) is 0 Å². The molecule has 0 radical (unpaired) electrons. The van der Waals surface area contributed by atoms with E-state index in [1.54, 1.807) is 19.9 Å². The lowest BCUT2D eigenvalue weighted by molar-refractivity contribution is -0.140. The fourth-order valence-electron chi connectivity index (χ4n) is 1.76. The van der Waals surface area contributed by atoms with Gasteiger partial charge in [-0.2, -0.15) is 5.26 Å². The zero-order valence-corrected chi connectivity index (χ0v) is 12.6. The second-order valence-corrected chi connectivity index (χ2v) is 6.29. The number of nitrogens with zero attached hydrogens (tertiary/aromatic N) is 1. The molecule has 2 rings (SSSR count). The lowest BCUT2D eigenvalue weighted by Gasteiger charge is -2.14. The Morgan fingerprint density at radius 1 is 1.45 bits per heavy atom. The van der Waals surface area contributed by atoms with Gasteiger partial charge in [-0.1, -0.05) is 0 Å². The Morgan fingerprint density at radius 3 is 2.60 bits per heavy atom. The van der Waals surface area contributed by atoms with Crippen molar-refractivity contribution in [1.29, 1.82) is 5.26 Å². The number of hydrogen-bond donors (Lipinski definition) is 0. The van der Waals surface area contributed by atoms with Crippen LogP contribution in [0.4, 0.5) is 0 Å². The van der Waals surface area contributed by atoms with Gasteiger partial charge in [-0.05, 0) is 26.0 Å². The van der Waals surface area contributed by atoms with Crippen LogP contribution in [-0.2, 0) is 4.79 Å². The van der Waals surface area contributed by atoms with Gasteiger partial charge < -0.3 is 9.47 Å². The Bertz CT molecular complexity index is 595. The molecular weight excluding hydrogens is 301 g/mol. The third-order valence-corrected chi connectivity index (χ3v) is 4.39. The molecule has 0 heterocycles. The Hall–Kier alpha value is -1.44. The van der Waals surface area contributed by atoms with Crippen molar-refractivity contribution in [2.75, 3.05) is 6.61 Å². The largest absolute Gasteiger partial charge is 0.490 e. The molecule has 20 heavy (non-hydrogen) atoms. The molecule has 1 aliphatic carbocycles. The van der Waals surface area contributed by atoms with Crippen LogP contribution < -0.4 is 9.47 Å². The van der Waals surface area contributed by atoms with Crippen molar-refractivity contribution >= 4 is 29.2 Å². The van der Waals surface area contributed by atoms with Crippen molar-refractivity contribution < 1.29 is 14.3 Å². The molecule has 0 bridgehead atoms. The van der Waals surface area contributed by atoms with E-state index in [4.69, 9.17) is 37.9 Å². The molecule has 0 spiro atoms. The summed E-state index contributed by atoms with van der Waals surface area (Å²) >= 11 is 11.9. The number of carbonyl (C=O) groups is 1. The highest BCUT2D eigenvalue weighted by Gasteiger charge is 2.69. The lowest BCUT2D eigenvalue weighted by Crippen LogP contribution is -2.24. The molecule has 0 saturated heterocycles. The molecule has 1 unspecified atom stereocenters. The molecule has 4 nitrogen and oxygen atoms in total. The summed E-state index contributed by atoms with van der Waals surface area (Å²) < 4.78 is 9.61. The van der Waals surface area contributed by atoms with E-state index in [-0.39, 0.29) is 5.75 Å². The average Bonchev–Trinajstić information content (AvgIpc) is 2.92. The van der Waals surface area contributed by atoms with Crippen molar-refractivity contribution in [2.24, 2.45) is 5.41 Å². The zero-order valence-electron chi connectivity index (χ0n) is 11.1. The van der Waals surface area contributed by atoms with Gasteiger partial charge in [-0.3, -0.25) is 4.79 Å². The number of benzene rings is 1. The summed E-state index contributed by atoms with van der Waals surface area (Å²) in [5, 5.41) is 8.86. The maximum Gasteiger partial charge on any atom is 0.320 e. The molecule has 1 fully saturated rings. The van der Waals surface area contributed by atoms with Gasteiger partial charge in [0, 0.05) is 12.5 Å². The van der Waals surface area contributed by atoms with Gasteiger partial charge in [0.2, 0.25) is 0 Å². The van der Waals surface area contributed by atoms with Crippen LogP contribution >= 0.6 is 23.2 Å². The standard InChI is InChI=1S/C14H13Cl2NO3/c1-3-19-11-6-9(7-17)4-5-10(11)20-12(18)13(2)8-14(13,15)16/h4-6H,3,8H2,1-2H3. The highest BCUT2D eigenvalue weighted by molar-refractivity contribution is 6.53. The molecule has 1 atom stereocenters. The van der Waals surface area contributed by atoms with Crippen LogP contribution in [0.2, 0.25) is 0 Å². The predicted molar refractivity (Wildman–Crippen MR) is 75.1 cm³/mol. The van der Waals surface area contributed by atoms with Crippen molar-refractivity contribution in [2.45, 2.75) is 24.6 Å². The Labute approximate surface area is 127 Å². The molecular formula is C14H13Cl2NO3. The lowest BCUT2D eigenvalue weighted by atomic mass is 10.1. The Balaban J connectivity index is 2.22. The molecule has 1 aromatic rings. The third kappa shape index (κ3) is 2.56. The molecule has 0 aromatic heterocycles. The first kappa shape index (κ1) is 15.0. The molecule has 0 N–H and O–H groups in total. The van der Waals surface area contributed by atoms with Gasteiger partial charge >= 0.3 is 5.97 Å². The molecule has 6 heteroatoms. The van der Waals surface area contributed by atoms with Crippen molar-refractivity contribution in [3.63, 3.8) is 0 Å². The van der Waals surface area contributed by atoms with Gasteiger partial charge in [0.15, 0.2) is 11.5 Å². The summed E-state index contributed by atoms with van der Waals surface area (Å²) in [5.41, 5.74) is -0.483. The van der Waals surface area contributed by atoms with Crippen molar-refractivity contribution in [3.05, 3.63) is 23.8 Å². The van der Waals surface area contributed by atoms with Gasteiger partial charge in [0.25, 0.3) is 0 Å². The minimum absolute atomic E-state index is 0.258. The fourth-order valence-corrected chi connectivity index (χ4v) is 2.45. The summed E-state index contributed by atoms with van der Waals surface area (Å²) in [6.45, 7) is 3.85. The summed E-state index contributed by atoms with van der Waals surface area (Å²) in [6, 6.07) is 6.60. The van der Waals surface area contributed by atoms with Crippen LogP contribution in [0, 0.1) is 16.7 Å². The average molecular weight is 314 g/mol. The van der Waals surface area contributed by atoms with E-state index >= 15 is 0 Å². The number of carbonyl (C=O) groups excluding carboxylic acids is 1. The van der Waals surface area contributed by atoms with Crippen LogP contribution in [-0.4, -0.2) is 16.9 Å². The monoisotopic (exact) mass is 313 g/mol. The second-order valence-electron chi connectivity index (χ2n) is 4.81. The minimum Gasteiger partial charge on any atom is -0.490 e. The molecule has 1 aromatic carbocycles. The normalized spacial score (nSPS) is 22.8. The first-order valence-electron chi connectivity index (χ1n) is 6.11. The van der Waals surface area contributed by atoms with Crippen LogP contribution in [0.3, 0.4) is 0 Å². The minimum atomic E-state index is -1.08. The number of hydrogen-bond acceptors (Lipinski definition) is 4. The van der Waals surface area contributed by atoms with Gasteiger partial charge in [0.05, 0.1) is 18.2 Å². The number of nitriles is 1. The van der Waals surface area contributed by atoms with E-state index in [0.29, 0.717) is 24.3 Å². The first-order chi connectivity index (χ1) is 9.34. The molecule has 0 aliphatic heterocycles. The topological polar surface area (TPSA) is 59.3 Å². The van der Waals surface area contributed by atoms with Gasteiger partial charge in [-0.15, -0.1) is 23.2 Å². The van der Waals surface area contributed by atoms with Crippen LogP contribution in [0.15, 0.2) is 18.2 Å². The SMILES string of the molecule is CCOc1cc(C#N)ccc1OC(=O)C1(C)CC1(Cl)Cl. The molecule has 106 valence electrons. The first-order valence-corrected chi connectivity index (χ1v) is 6.86. The van der Waals surface area contributed by atoms with E-state index in [1.807, 2.05) is 6.07 Å². The van der Waals surface area contributed by atoms with Gasteiger partial charge in [0.1, 0.15) is 9.75 Å². The Kier molecular flexibility index (Phi) is 3.86. The highest BCUT2D eigenvalue weighted by atomic mass is 35.5. The Morgan fingerprint density at radius 2 is 2.10 bits per heavy atom. The number of esters is 1. The van der Waals surface area contributed by atoms with Crippen LogP contribution in [0.5, 0.6) is 11.5 Å². The van der Waals surface area contributed by atoms with Crippen LogP contribution in [0.1, 0.15) is 25.8 Å². The van der Waals surface area contributed by atoms with E-state index < -0.39 is 15.7 Å². The number of rotatable bonds is 4. The molecule has 1 aliphatic rings. The van der Waals surface area contributed by atoms with Crippen molar-refractivity contribution in [1.82, 2.24) is 0 Å². The molecule has 0 amide bonds. The van der Waals surface area contributed by atoms with Crippen LogP contribution in [0.25, 0.3) is 0 Å². The summed E-state index contributed by atoms with van der Waals surface area (Å²) in [7, 11) is 0. The summed E-state index contributed by atoms with van der Waals surface area (Å²) in [5.74, 6) is 0.0974. The van der Waals surface area contributed by atoms with Crippen molar-refractivity contribution in [3.8, 4) is 17.6 Å². The van der Waals surface area contributed by atoms with E-state index in [1.165, 1.54) is 12.1 Å². The third-order valence-electron chi connectivity index (χ3n) is 3.28. The number of ether oxygens (including phenoxy) is 2. The summed E-state index contributed by atoms with van der Waals surface area (Å²) in [4.78, 5) is 12.1. The summed E-state index contributed by atoms with van der Waals surface area (Å²) in [6.07, 6.45) is 0.349. The second kappa shape index (κ2) is 5.16. The van der Waals surface area contributed by atoms with Gasteiger partial charge in [-0.25, -0.2) is 0 Å². The zero-order chi connectivity index (χ0) is 15.0. The highest BCUT2D eigenvalue weighted by Crippen LogP contribution is 2.64. The van der Waals surface area contributed by atoms with E-state index in [0.717, 1.165) is 0 Å². The maximum atomic E-state index is 12.1. The number of halogens is 2. The fraction of sp³-hybridized carbons (Fsp3) is 0.429. The molecule has 1 saturated carbocycles. The number of alkyl halides is 2. The quantitative estimate of drug-likeness (QED) is 0.485. The van der Waals surface area contributed by atoms with E-state index in [9.17, 15) is 4.79 Å².